The Morgan fingerprint density at radius 1 is 1.08 bits per heavy atom. The molecule has 1 aromatic carbocycles. The molecule has 1 amide bonds. The van der Waals surface area contributed by atoms with Crippen molar-refractivity contribution >= 4 is 11.9 Å². The Hall–Kier alpha value is -1.98. The molecule has 1 heterocycles. The second kappa shape index (κ2) is 6.03. The highest BCUT2D eigenvalue weighted by Crippen LogP contribution is 2.59. The zero-order chi connectivity index (χ0) is 18.5. The molecule has 0 radical (unpaired) electrons. The predicted molar refractivity (Wildman–Crippen MR) is 90.5 cm³/mol. The number of amides is 1. The lowest BCUT2D eigenvalue weighted by atomic mass is 9.76. The Morgan fingerprint density at radius 2 is 1.73 bits per heavy atom. The van der Waals surface area contributed by atoms with Crippen LogP contribution in [0.25, 0.3) is 0 Å². The predicted octanol–water partition coefficient (Wildman–Crippen LogP) is 3.49. The summed E-state index contributed by atoms with van der Waals surface area (Å²) in [5.41, 5.74) is -0.749. The van der Waals surface area contributed by atoms with Gasteiger partial charge in [0.25, 0.3) is 0 Å². The van der Waals surface area contributed by atoms with E-state index in [1.807, 2.05) is 0 Å². The minimum Gasteiger partial charge on any atom is -0.481 e. The molecule has 1 unspecified atom stereocenters. The first kappa shape index (κ1) is 17.4. The molecule has 1 spiro atoms. The second-order valence-electron chi connectivity index (χ2n) is 8.16. The summed E-state index contributed by atoms with van der Waals surface area (Å²) in [7, 11) is 0. The molecule has 0 bridgehead atoms. The Kier molecular flexibility index (Phi) is 4.04. The fourth-order valence-electron chi connectivity index (χ4n) is 5.16. The maximum atomic E-state index is 14.5. The molecule has 1 aliphatic heterocycles. The molecule has 26 heavy (non-hydrogen) atoms. The fraction of sp³-hybridized carbons (Fsp3) is 0.600. The van der Waals surface area contributed by atoms with Gasteiger partial charge in [-0.1, -0.05) is 18.9 Å². The van der Waals surface area contributed by atoms with E-state index in [9.17, 15) is 23.5 Å². The van der Waals surface area contributed by atoms with Gasteiger partial charge in [0, 0.05) is 24.7 Å². The number of nitrogens with zero attached hydrogens (tertiary/aromatic N) is 1. The van der Waals surface area contributed by atoms with Crippen LogP contribution in [0.2, 0.25) is 0 Å². The van der Waals surface area contributed by atoms with E-state index in [1.165, 1.54) is 12.1 Å². The number of carboxylic acids is 1. The van der Waals surface area contributed by atoms with Crippen molar-refractivity contribution in [1.29, 1.82) is 0 Å². The molecular weight excluding hydrogens is 340 g/mol. The third-order valence-corrected chi connectivity index (χ3v) is 6.85. The number of rotatable bonds is 3. The van der Waals surface area contributed by atoms with Crippen molar-refractivity contribution < 1.29 is 23.5 Å². The van der Waals surface area contributed by atoms with Gasteiger partial charge in [0.1, 0.15) is 11.6 Å². The summed E-state index contributed by atoms with van der Waals surface area (Å²) >= 11 is 0. The highest BCUT2D eigenvalue weighted by molar-refractivity contribution is 5.89. The first-order chi connectivity index (χ1) is 12.4. The van der Waals surface area contributed by atoms with Crippen LogP contribution >= 0.6 is 0 Å². The Morgan fingerprint density at radius 3 is 2.27 bits per heavy atom. The van der Waals surface area contributed by atoms with Crippen LogP contribution in [0.15, 0.2) is 18.2 Å². The lowest BCUT2D eigenvalue weighted by Gasteiger charge is -2.39. The summed E-state index contributed by atoms with van der Waals surface area (Å²) in [5, 5.41) is 9.21. The smallest absolute Gasteiger partial charge is 0.307 e. The van der Waals surface area contributed by atoms with Crippen LogP contribution in [0.1, 0.15) is 50.5 Å². The number of hydrogen-bond acceptors (Lipinski definition) is 2. The topological polar surface area (TPSA) is 57.6 Å². The van der Waals surface area contributed by atoms with Gasteiger partial charge in [0.05, 0.1) is 11.3 Å². The van der Waals surface area contributed by atoms with Crippen molar-refractivity contribution in [2.75, 3.05) is 13.1 Å². The van der Waals surface area contributed by atoms with E-state index in [0.717, 1.165) is 18.9 Å². The lowest BCUT2D eigenvalue weighted by molar-refractivity contribution is -0.140. The molecule has 2 saturated carbocycles. The molecule has 3 aliphatic rings. The average molecular weight is 363 g/mol. The van der Waals surface area contributed by atoms with Crippen molar-refractivity contribution in [3.63, 3.8) is 0 Å². The number of carbonyl (C=O) groups excluding carboxylic acids is 1. The fourth-order valence-corrected chi connectivity index (χ4v) is 5.16. The number of benzene rings is 1. The number of aliphatic carboxylic acids is 1. The first-order valence-corrected chi connectivity index (χ1v) is 9.36. The molecule has 4 nitrogen and oxygen atoms in total. The van der Waals surface area contributed by atoms with Gasteiger partial charge in [-0.05, 0) is 43.6 Å². The van der Waals surface area contributed by atoms with E-state index in [0.29, 0.717) is 50.8 Å². The van der Waals surface area contributed by atoms with Crippen LogP contribution in [0.5, 0.6) is 0 Å². The Labute approximate surface area is 151 Å². The number of carbonyl (C=O) groups is 2. The van der Waals surface area contributed by atoms with E-state index in [4.69, 9.17) is 0 Å². The van der Waals surface area contributed by atoms with E-state index in [-0.39, 0.29) is 17.2 Å². The molecule has 4 rings (SSSR count). The van der Waals surface area contributed by atoms with Gasteiger partial charge < -0.3 is 10.0 Å². The molecule has 1 saturated heterocycles. The van der Waals surface area contributed by atoms with Crippen molar-refractivity contribution in [2.45, 2.75) is 50.4 Å². The van der Waals surface area contributed by atoms with Gasteiger partial charge >= 0.3 is 5.97 Å². The summed E-state index contributed by atoms with van der Waals surface area (Å²) in [6, 6.07) is 3.49. The zero-order valence-electron chi connectivity index (χ0n) is 14.6. The summed E-state index contributed by atoms with van der Waals surface area (Å²) in [4.78, 5) is 26.3. The summed E-state index contributed by atoms with van der Waals surface area (Å²) in [6.45, 7) is 1.04. The molecule has 2 aliphatic carbocycles. The minimum absolute atomic E-state index is 0.0807. The van der Waals surface area contributed by atoms with Gasteiger partial charge in [0.2, 0.25) is 5.91 Å². The standard InChI is InChI=1S/C20H23F2NO3/c21-13-3-4-14(16(22)11-13)20(5-1-2-6-20)18(26)23-9-7-19(8-10-23)12-15(19)17(24)25/h3-4,11,15H,1-2,5-10,12H2,(H,24,25). The quantitative estimate of drug-likeness (QED) is 0.894. The number of hydrogen-bond donors (Lipinski definition) is 1. The third-order valence-electron chi connectivity index (χ3n) is 6.85. The normalized spacial score (nSPS) is 26.1. The van der Waals surface area contributed by atoms with Crippen LogP contribution in [-0.4, -0.2) is 35.0 Å². The van der Waals surface area contributed by atoms with Gasteiger partial charge in [-0.2, -0.15) is 0 Å². The molecule has 140 valence electrons. The van der Waals surface area contributed by atoms with E-state index in [2.05, 4.69) is 0 Å². The molecule has 0 aromatic heterocycles. The number of carboxylic acid groups (broad SMARTS) is 1. The first-order valence-electron chi connectivity index (χ1n) is 9.36. The minimum atomic E-state index is -0.905. The summed E-state index contributed by atoms with van der Waals surface area (Å²) in [6.07, 6.45) is 4.93. The number of likely N-dealkylation sites (tertiary alicyclic amines) is 1. The monoisotopic (exact) mass is 363 g/mol. The number of piperidine rings is 1. The summed E-state index contributed by atoms with van der Waals surface area (Å²) in [5.74, 6) is -2.40. The number of halogens is 2. The van der Waals surface area contributed by atoms with Crippen molar-refractivity contribution in [1.82, 2.24) is 4.90 Å². The molecule has 1 atom stereocenters. The van der Waals surface area contributed by atoms with Crippen LogP contribution in [-0.2, 0) is 15.0 Å². The van der Waals surface area contributed by atoms with Gasteiger partial charge in [-0.25, -0.2) is 8.78 Å². The van der Waals surface area contributed by atoms with Crippen molar-refractivity contribution in [2.24, 2.45) is 11.3 Å². The van der Waals surface area contributed by atoms with Crippen molar-refractivity contribution in [3.05, 3.63) is 35.4 Å². The van der Waals surface area contributed by atoms with E-state index >= 15 is 0 Å². The summed E-state index contributed by atoms with van der Waals surface area (Å²) < 4.78 is 27.8. The zero-order valence-corrected chi connectivity index (χ0v) is 14.6. The highest BCUT2D eigenvalue weighted by atomic mass is 19.1. The Bertz CT molecular complexity index is 749. The van der Waals surface area contributed by atoms with Crippen LogP contribution < -0.4 is 0 Å². The maximum Gasteiger partial charge on any atom is 0.307 e. The molecule has 1 N–H and O–H groups in total. The van der Waals surface area contributed by atoms with Gasteiger partial charge in [0.15, 0.2) is 0 Å². The second-order valence-corrected chi connectivity index (χ2v) is 8.16. The van der Waals surface area contributed by atoms with Crippen LogP contribution in [0, 0.1) is 23.0 Å². The SMILES string of the molecule is O=C(O)C1CC12CCN(C(=O)C1(c3ccc(F)cc3F)CCCC1)CC2. The van der Waals surface area contributed by atoms with Gasteiger partial charge in [-0.3, -0.25) is 9.59 Å². The third kappa shape index (κ3) is 2.61. The molecule has 3 fully saturated rings. The van der Waals surface area contributed by atoms with Crippen molar-refractivity contribution in [3.8, 4) is 0 Å². The van der Waals surface area contributed by atoms with Gasteiger partial charge in [-0.15, -0.1) is 0 Å². The van der Waals surface area contributed by atoms with Crippen LogP contribution in [0.4, 0.5) is 8.78 Å². The molecule has 1 aromatic rings. The molecular formula is C20H23F2NO3. The van der Waals surface area contributed by atoms with E-state index < -0.39 is 23.0 Å². The van der Waals surface area contributed by atoms with Crippen LogP contribution in [0.3, 0.4) is 0 Å². The average Bonchev–Trinajstić information content (AvgIpc) is 3.09. The molecule has 6 heteroatoms. The van der Waals surface area contributed by atoms with E-state index in [1.54, 1.807) is 4.90 Å². The Balaban J connectivity index is 1.55. The lowest BCUT2D eigenvalue weighted by Crippen LogP contribution is -2.49. The maximum absolute atomic E-state index is 14.5. The highest BCUT2D eigenvalue weighted by Gasteiger charge is 2.59. The largest absolute Gasteiger partial charge is 0.481 e.